The standard InChI is InChI=1S/C26H43N3O5/c1-16(2)20(27-24(33)34-26(8,9)10)23(32)29(14-15-30)21(22(31)28-25(5,6)7)19-13-11-12-17(3)18(19)4/h11-13,16,20-21,30H,14-15H2,1-10H3,(H,27,33)(H,28,31). The molecular weight excluding hydrogens is 434 g/mol. The van der Waals surface area contributed by atoms with E-state index in [0.29, 0.717) is 5.56 Å². The second kappa shape index (κ2) is 11.7. The Morgan fingerprint density at radius 2 is 1.65 bits per heavy atom. The average molecular weight is 478 g/mol. The van der Waals surface area contributed by atoms with Gasteiger partial charge in [0.2, 0.25) is 11.8 Å². The zero-order valence-electron chi connectivity index (χ0n) is 22.4. The fraction of sp³-hybridized carbons (Fsp3) is 0.654. The van der Waals surface area contributed by atoms with Gasteiger partial charge in [-0.1, -0.05) is 32.0 Å². The predicted molar refractivity (Wildman–Crippen MR) is 133 cm³/mol. The van der Waals surface area contributed by atoms with Gasteiger partial charge in [-0.2, -0.15) is 0 Å². The fourth-order valence-corrected chi connectivity index (χ4v) is 3.56. The van der Waals surface area contributed by atoms with Crippen molar-refractivity contribution in [1.82, 2.24) is 15.5 Å². The second-order valence-electron chi connectivity index (χ2n) is 11.1. The molecule has 0 radical (unpaired) electrons. The minimum atomic E-state index is -0.986. The Hall–Kier alpha value is -2.61. The Balaban J connectivity index is 3.53. The van der Waals surface area contributed by atoms with Crippen LogP contribution in [0.2, 0.25) is 0 Å². The van der Waals surface area contributed by atoms with Gasteiger partial charge in [-0.15, -0.1) is 0 Å². The topological polar surface area (TPSA) is 108 Å². The summed E-state index contributed by atoms with van der Waals surface area (Å²) >= 11 is 0. The summed E-state index contributed by atoms with van der Waals surface area (Å²) in [6.07, 6.45) is -0.717. The van der Waals surface area contributed by atoms with Crippen molar-refractivity contribution in [3.8, 4) is 0 Å². The quantitative estimate of drug-likeness (QED) is 0.530. The summed E-state index contributed by atoms with van der Waals surface area (Å²) in [5, 5.41) is 15.5. The normalized spacial score (nSPS) is 13.8. The van der Waals surface area contributed by atoms with E-state index in [1.807, 2.05) is 52.8 Å². The van der Waals surface area contributed by atoms with E-state index in [-0.39, 0.29) is 25.0 Å². The molecule has 0 aliphatic carbocycles. The number of hydrogen-bond acceptors (Lipinski definition) is 5. The van der Waals surface area contributed by atoms with E-state index in [4.69, 9.17) is 4.74 Å². The highest BCUT2D eigenvalue weighted by molar-refractivity contribution is 5.92. The number of nitrogens with zero attached hydrogens (tertiary/aromatic N) is 1. The number of benzene rings is 1. The summed E-state index contributed by atoms with van der Waals surface area (Å²) in [5.74, 6) is -1.11. The Morgan fingerprint density at radius 3 is 2.12 bits per heavy atom. The molecule has 1 aromatic carbocycles. The molecule has 0 saturated carbocycles. The van der Waals surface area contributed by atoms with Crippen molar-refractivity contribution < 1.29 is 24.2 Å². The van der Waals surface area contributed by atoms with Crippen LogP contribution in [-0.4, -0.2) is 58.2 Å². The molecule has 192 valence electrons. The number of carbonyl (C=O) groups is 3. The van der Waals surface area contributed by atoms with Crippen LogP contribution < -0.4 is 10.6 Å². The Morgan fingerprint density at radius 1 is 1.06 bits per heavy atom. The number of amides is 3. The van der Waals surface area contributed by atoms with Gasteiger partial charge in [-0.25, -0.2) is 4.79 Å². The molecule has 0 aromatic heterocycles. The lowest BCUT2D eigenvalue weighted by Gasteiger charge is -2.37. The summed E-state index contributed by atoms with van der Waals surface area (Å²) in [5.41, 5.74) is 1.27. The van der Waals surface area contributed by atoms with Gasteiger partial charge in [0, 0.05) is 12.1 Å². The van der Waals surface area contributed by atoms with Crippen LogP contribution in [0.3, 0.4) is 0 Å². The number of aliphatic hydroxyl groups is 1. The lowest BCUT2D eigenvalue weighted by molar-refractivity contribution is -0.144. The van der Waals surface area contributed by atoms with Crippen LogP contribution in [0, 0.1) is 19.8 Å². The van der Waals surface area contributed by atoms with Crippen LogP contribution in [0.1, 0.15) is 78.1 Å². The minimum Gasteiger partial charge on any atom is -0.444 e. The van der Waals surface area contributed by atoms with E-state index in [1.165, 1.54) is 4.90 Å². The maximum Gasteiger partial charge on any atom is 0.408 e. The molecule has 1 aromatic rings. The minimum absolute atomic E-state index is 0.0757. The van der Waals surface area contributed by atoms with Gasteiger partial charge in [0.05, 0.1) is 6.61 Å². The van der Waals surface area contributed by atoms with Crippen molar-refractivity contribution in [2.24, 2.45) is 5.92 Å². The van der Waals surface area contributed by atoms with E-state index < -0.39 is 35.2 Å². The third-order valence-electron chi connectivity index (χ3n) is 5.23. The number of rotatable bonds is 8. The largest absolute Gasteiger partial charge is 0.444 e. The van der Waals surface area contributed by atoms with E-state index in [1.54, 1.807) is 34.6 Å². The molecule has 8 heteroatoms. The van der Waals surface area contributed by atoms with Gasteiger partial charge in [0.1, 0.15) is 17.7 Å². The summed E-state index contributed by atoms with van der Waals surface area (Å²) in [6, 6.07) is 3.67. The predicted octanol–water partition coefficient (Wildman–Crippen LogP) is 3.63. The molecule has 3 N–H and O–H groups in total. The second-order valence-corrected chi connectivity index (χ2v) is 11.1. The molecule has 0 saturated heterocycles. The number of ether oxygens (including phenoxy) is 1. The van der Waals surface area contributed by atoms with Crippen LogP contribution in [0.5, 0.6) is 0 Å². The number of aliphatic hydroxyl groups excluding tert-OH is 1. The van der Waals surface area contributed by atoms with E-state index in [2.05, 4.69) is 10.6 Å². The molecule has 0 fully saturated rings. The van der Waals surface area contributed by atoms with Gasteiger partial charge in [-0.05, 0) is 78.0 Å². The third-order valence-corrected chi connectivity index (χ3v) is 5.23. The summed E-state index contributed by atoms with van der Waals surface area (Å²) in [4.78, 5) is 41.2. The number of alkyl carbamates (subject to hydrolysis) is 1. The summed E-state index contributed by atoms with van der Waals surface area (Å²) < 4.78 is 5.35. The lowest BCUT2D eigenvalue weighted by atomic mass is 9.93. The number of aryl methyl sites for hydroxylation is 1. The molecular formula is C26H43N3O5. The van der Waals surface area contributed by atoms with Crippen molar-refractivity contribution in [2.75, 3.05) is 13.2 Å². The highest BCUT2D eigenvalue weighted by Crippen LogP contribution is 2.28. The molecule has 0 aliphatic rings. The Bertz CT molecular complexity index is 868. The van der Waals surface area contributed by atoms with Crippen molar-refractivity contribution in [2.45, 2.75) is 92.5 Å². The van der Waals surface area contributed by atoms with Crippen molar-refractivity contribution in [3.05, 3.63) is 34.9 Å². The van der Waals surface area contributed by atoms with Crippen LogP contribution in [0.15, 0.2) is 18.2 Å². The van der Waals surface area contributed by atoms with Gasteiger partial charge in [-0.3, -0.25) is 9.59 Å². The zero-order chi connectivity index (χ0) is 26.4. The van der Waals surface area contributed by atoms with Crippen LogP contribution >= 0.6 is 0 Å². The first-order chi connectivity index (χ1) is 15.5. The van der Waals surface area contributed by atoms with Crippen LogP contribution in [-0.2, 0) is 14.3 Å². The van der Waals surface area contributed by atoms with Gasteiger partial charge in [0.25, 0.3) is 0 Å². The smallest absolute Gasteiger partial charge is 0.408 e. The van der Waals surface area contributed by atoms with Gasteiger partial charge in [0.15, 0.2) is 0 Å². The maximum atomic E-state index is 13.8. The molecule has 1 rings (SSSR count). The molecule has 0 aliphatic heterocycles. The van der Waals surface area contributed by atoms with Crippen molar-refractivity contribution in [1.29, 1.82) is 0 Å². The average Bonchev–Trinajstić information content (AvgIpc) is 2.65. The van der Waals surface area contributed by atoms with Gasteiger partial charge >= 0.3 is 6.09 Å². The monoisotopic (exact) mass is 477 g/mol. The highest BCUT2D eigenvalue weighted by atomic mass is 16.6. The Kier molecular flexibility index (Phi) is 10.1. The summed E-state index contributed by atoms with van der Waals surface area (Å²) in [7, 11) is 0. The van der Waals surface area contributed by atoms with Crippen LogP contribution in [0.4, 0.5) is 4.79 Å². The Labute approximate surface area is 204 Å². The molecule has 0 bridgehead atoms. The van der Waals surface area contributed by atoms with Crippen molar-refractivity contribution in [3.63, 3.8) is 0 Å². The van der Waals surface area contributed by atoms with E-state index in [0.717, 1.165) is 11.1 Å². The fourth-order valence-electron chi connectivity index (χ4n) is 3.56. The van der Waals surface area contributed by atoms with Gasteiger partial charge < -0.3 is 25.4 Å². The first-order valence-electron chi connectivity index (χ1n) is 11.8. The molecule has 0 spiro atoms. The number of hydrogen-bond donors (Lipinski definition) is 3. The first-order valence-corrected chi connectivity index (χ1v) is 11.8. The molecule has 3 amide bonds. The van der Waals surface area contributed by atoms with E-state index >= 15 is 0 Å². The highest BCUT2D eigenvalue weighted by Gasteiger charge is 2.38. The molecule has 2 unspecified atom stereocenters. The summed E-state index contributed by atoms with van der Waals surface area (Å²) in [6.45, 7) is 17.9. The first kappa shape index (κ1) is 29.4. The third kappa shape index (κ3) is 8.63. The molecule has 0 heterocycles. The van der Waals surface area contributed by atoms with Crippen LogP contribution in [0.25, 0.3) is 0 Å². The molecule has 2 atom stereocenters. The maximum absolute atomic E-state index is 13.8. The number of nitrogens with one attached hydrogen (secondary N) is 2. The zero-order valence-corrected chi connectivity index (χ0v) is 22.4. The molecule has 34 heavy (non-hydrogen) atoms. The van der Waals surface area contributed by atoms with Crippen molar-refractivity contribution >= 4 is 17.9 Å². The number of carbonyl (C=O) groups excluding carboxylic acids is 3. The SMILES string of the molecule is Cc1cccc(C(C(=O)NC(C)(C)C)N(CCO)C(=O)C(NC(=O)OC(C)(C)C)C(C)C)c1C. The lowest BCUT2D eigenvalue weighted by Crippen LogP contribution is -2.56. The molecule has 8 nitrogen and oxygen atoms in total. The van der Waals surface area contributed by atoms with E-state index in [9.17, 15) is 19.5 Å².